The van der Waals surface area contributed by atoms with Gasteiger partial charge in [0.25, 0.3) is 5.91 Å². The van der Waals surface area contributed by atoms with E-state index < -0.39 is 11.7 Å². The number of furan rings is 1. The number of rotatable bonds is 4. The summed E-state index contributed by atoms with van der Waals surface area (Å²) in [6.45, 7) is 13.6. The number of hydrogen-bond donors (Lipinski definition) is 2. The van der Waals surface area contributed by atoms with Crippen molar-refractivity contribution in [1.82, 2.24) is 10.6 Å². The van der Waals surface area contributed by atoms with Crippen molar-refractivity contribution in [2.75, 3.05) is 0 Å². The van der Waals surface area contributed by atoms with Crippen molar-refractivity contribution in [3.8, 4) is 0 Å². The maximum Gasteiger partial charge on any atom is 0.408 e. The maximum atomic E-state index is 12.1. The van der Waals surface area contributed by atoms with Crippen LogP contribution >= 0.6 is 0 Å². The first-order valence-corrected chi connectivity index (χ1v) is 7.75. The van der Waals surface area contributed by atoms with E-state index in [-0.39, 0.29) is 29.7 Å². The van der Waals surface area contributed by atoms with Gasteiger partial charge in [0.1, 0.15) is 11.4 Å². The first kappa shape index (κ1) is 19.1. The van der Waals surface area contributed by atoms with E-state index in [1.807, 2.05) is 6.92 Å². The van der Waals surface area contributed by atoms with E-state index in [9.17, 15) is 9.59 Å². The summed E-state index contributed by atoms with van der Waals surface area (Å²) < 4.78 is 10.6. The van der Waals surface area contributed by atoms with Crippen molar-refractivity contribution in [2.45, 2.75) is 66.7 Å². The van der Waals surface area contributed by atoms with Crippen LogP contribution in [0.25, 0.3) is 0 Å². The Morgan fingerprint density at radius 2 is 1.78 bits per heavy atom. The average Bonchev–Trinajstić information content (AvgIpc) is 2.81. The van der Waals surface area contributed by atoms with E-state index >= 15 is 0 Å². The van der Waals surface area contributed by atoms with E-state index in [1.54, 1.807) is 32.9 Å². The first-order valence-electron chi connectivity index (χ1n) is 7.75. The molecule has 23 heavy (non-hydrogen) atoms. The Labute approximate surface area is 138 Å². The smallest absolute Gasteiger partial charge is 0.408 e. The van der Waals surface area contributed by atoms with Gasteiger partial charge in [0.05, 0.1) is 6.54 Å². The molecule has 1 unspecified atom stereocenters. The lowest BCUT2D eigenvalue weighted by Gasteiger charge is -2.27. The molecule has 130 valence electrons. The van der Waals surface area contributed by atoms with E-state index in [1.165, 1.54) is 0 Å². The normalized spacial score (nSPS) is 13.3. The van der Waals surface area contributed by atoms with Gasteiger partial charge in [-0.1, -0.05) is 20.8 Å². The summed E-state index contributed by atoms with van der Waals surface area (Å²) in [4.78, 5) is 23.7. The number of carbonyl (C=O) groups excluding carboxylic acids is 2. The van der Waals surface area contributed by atoms with Crippen LogP contribution in [0.3, 0.4) is 0 Å². The summed E-state index contributed by atoms with van der Waals surface area (Å²) in [6, 6.07) is 3.26. The highest BCUT2D eigenvalue weighted by Crippen LogP contribution is 2.19. The van der Waals surface area contributed by atoms with Crippen LogP contribution in [0.5, 0.6) is 0 Å². The van der Waals surface area contributed by atoms with Crippen LogP contribution in [0, 0.1) is 5.41 Å². The maximum absolute atomic E-state index is 12.1. The minimum atomic E-state index is -0.554. The minimum Gasteiger partial charge on any atom is -0.454 e. The number of hydrogen-bond acceptors (Lipinski definition) is 4. The van der Waals surface area contributed by atoms with Crippen molar-refractivity contribution in [3.05, 3.63) is 23.7 Å². The molecule has 0 aromatic carbocycles. The standard InChI is InChI=1S/C17H28N2O4/c1-11(16(2,3)4)19-14(20)13-9-8-12(22-13)10-18-15(21)23-17(5,6)7/h8-9,11H,10H2,1-7H3,(H,18,21)(H,19,20). The van der Waals surface area contributed by atoms with Crippen molar-refractivity contribution >= 4 is 12.0 Å². The van der Waals surface area contributed by atoms with Crippen molar-refractivity contribution in [3.63, 3.8) is 0 Å². The Bertz CT molecular complexity index is 550. The second-order valence-corrected chi connectivity index (χ2v) is 7.68. The molecule has 0 spiro atoms. The number of amides is 2. The lowest BCUT2D eigenvalue weighted by atomic mass is 9.88. The predicted molar refractivity (Wildman–Crippen MR) is 88.2 cm³/mol. The van der Waals surface area contributed by atoms with Crippen LogP contribution in [0.4, 0.5) is 4.79 Å². The topological polar surface area (TPSA) is 80.6 Å². The van der Waals surface area contributed by atoms with Gasteiger partial charge >= 0.3 is 6.09 Å². The van der Waals surface area contributed by atoms with Crippen LogP contribution < -0.4 is 10.6 Å². The summed E-state index contributed by atoms with van der Waals surface area (Å²) in [5.41, 5.74) is -0.593. The van der Waals surface area contributed by atoms with Crippen LogP contribution in [0.2, 0.25) is 0 Å². The molecule has 2 amide bonds. The van der Waals surface area contributed by atoms with Gasteiger partial charge in [-0.15, -0.1) is 0 Å². The fourth-order valence-electron chi connectivity index (χ4n) is 1.55. The number of carbonyl (C=O) groups is 2. The molecule has 0 aliphatic carbocycles. The molecule has 0 saturated heterocycles. The van der Waals surface area contributed by atoms with E-state index in [0.717, 1.165) is 0 Å². The van der Waals surface area contributed by atoms with Crippen molar-refractivity contribution < 1.29 is 18.7 Å². The fourth-order valence-corrected chi connectivity index (χ4v) is 1.55. The van der Waals surface area contributed by atoms with Gasteiger partial charge < -0.3 is 19.8 Å². The SMILES string of the molecule is CC(NC(=O)c1ccc(CNC(=O)OC(C)(C)C)o1)C(C)(C)C. The number of alkyl carbamates (subject to hydrolysis) is 1. The molecule has 1 heterocycles. The van der Waals surface area contributed by atoms with Gasteiger partial charge in [-0.25, -0.2) is 4.79 Å². The van der Waals surface area contributed by atoms with Gasteiger partial charge in [0.2, 0.25) is 0 Å². The van der Waals surface area contributed by atoms with Crippen molar-refractivity contribution in [1.29, 1.82) is 0 Å². The quantitative estimate of drug-likeness (QED) is 0.888. The molecule has 0 aliphatic rings. The molecule has 0 aliphatic heterocycles. The summed E-state index contributed by atoms with van der Waals surface area (Å²) in [5.74, 6) is 0.447. The highest BCUT2D eigenvalue weighted by molar-refractivity contribution is 5.91. The second-order valence-electron chi connectivity index (χ2n) is 7.68. The van der Waals surface area contributed by atoms with Crippen LogP contribution in [0.1, 0.15) is 64.8 Å². The zero-order valence-corrected chi connectivity index (χ0v) is 15.1. The molecule has 0 saturated carbocycles. The third-order valence-corrected chi connectivity index (χ3v) is 3.34. The number of nitrogens with one attached hydrogen (secondary N) is 2. The largest absolute Gasteiger partial charge is 0.454 e. The molecule has 0 fully saturated rings. The molecule has 1 rings (SSSR count). The Morgan fingerprint density at radius 1 is 1.17 bits per heavy atom. The molecule has 1 aromatic heterocycles. The van der Waals surface area contributed by atoms with Gasteiger partial charge in [0.15, 0.2) is 5.76 Å². The fraction of sp³-hybridized carbons (Fsp3) is 0.647. The monoisotopic (exact) mass is 324 g/mol. The lowest BCUT2D eigenvalue weighted by molar-refractivity contribution is 0.0520. The summed E-state index contributed by atoms with van der Waals surface area (Å²) in [7, 11) is 0. The number of ether oxygens (including phenoxy) is 1. The second kappa shape index (κ2) is 7.06. The minimum absolute atomic E-state index is 0.00318. The molecule has 6 nitrogen and oxygen atoms in total. The van der Waals surface area contributed by atoms with Crippen molar-refractivity contribution in [2.24, 2.45) is 5.41 Å². The molecule has 1 aromatic rings. The molecule has 0 bridgehead atoms. The van der Waals surface area contributed by atoms with E-state index in [0.29, 0.717) is 5.76 Å². The third-order valence-electron chi connectivity index (χ3n) is 3.34. The Hall–Kier alpha value is -1.98. The Kier molecular flexibility index (Phi) is 5.86. The third kappa shape index (κ3) is 6.76. The molecule has 6 heteroatoms. The molecule has 0 radical (unpaired) electrons. The van der Waals surface area contributed by atoms with Gasteiger partial charge in [-0.2, -0.15) is 0 Å². The zero-order valence-electron chi connectivity index (χ0n) is 15.1. The highest BCUT2D eigenvalue weighted by atomic mass is 16.6. The van der Waals surface area contributed by atoms with Gasteiger partial charge in [-0.3, -0.25) is 4.79 Å². The average molecular weight is 324 g/mol. The molecule has 2 N–H and O–H groups in total. The van der Waals surface area contributed by atoms with E-state index in [4.69, 9.17) is 9.15 Å². The van der Waals surface area contributed by atoms with E-state index in [2.05, 4.69) is 31.4 Å². The highest BCUT2D eigenvalue weighted by Gasteiger charge is 2.23. The van der Waals surface area contributed by atoms with Crippen LogP contribution in [-0.2, 0) is 11.3 Å². The Balaban J connectivity index is 2.55. The van der Waals surface area contributed by atoms with Gasteiger partial charge in [-0.05, 0) is 45.2 Å². The van der Waals surface area contributed by atoms with Gasteiger partial charge in [0, 0.05) is 6.04 Å². The molecular formula is C17H28N2O4. The van der Waals surface area contributed by atoms with Crippen LogP contribution in [-0.4, -0.2) is 23.6 Å². The predicted octanol–water partition coefficient (Wildman–Crippen LogP) is 3.47. The summed E-state index contributed by atoms with van der Waals surface area (Å²) >= 11 is 0. The van der Waals surface area contributed by atoms with Crippen LogP contribution in [0.15, 0.2) is 16.5 Å². The first-order chi connectivity index (χ1) is 10.4. The lowest BCUT2D eigenvalue weighted by Crippen LogP contribution is -2.41. The molecule has 1 atom stereocenters. The summed E-state index contributed by atoms with van der Waals surface area (Å²) in [6.07, 6.45) is -0.527. The molecular weight excluding hydrogens is 296 g/mol. The Morgan fingerprint density at radius 3 is 2.30 bits per heavy atom. The zero-order chi connectivity index (χ0) is 17.8. The summed E-state index contributed by atoms with van der Waals surface area (Å²) in [5, 5.41) is 5.49.